The number of pyridine rings is 2. The van der Waals surface area contributed by atoms with Crippen LogP contribution in [0.25, 0.3) is 22.2 Å². The molecule has 2 aromatic heterocycles. The van der Waals surface area contributed by atoms with Gasteiger partial charge in [0.2, 0.25) is 11.5 Å². The van der Waals surface area contributed by atoms with E-state index in [1.54, 1.807) is 13.0 Å². The molecule has 1 aliphatic rings. The van der Waals surface area contributed by atoms with Crippen molar-refractivity contribution in [3.05, 3.63) is 82.9 Å². The molecule has 15 heteroatoms. The molecule has 3 heterocycles. The zero-order valence-electron chi connectivity index (χ0n) is 24.2. The van der Waals surface area contributed by atoms with E-state index in [9.17, 15) is 41.0 Å². The maximum absolute atomic E-state index is 14.7. The zero-order chi connectivity index (χ0) is 33.6. The van der Waals surface area contributed by atoms with Crippen molar-refractivity contribution in [2.75, 3.05) is 19.8 Å². The van der Waals surface area contributed by atoms with E-state index >= 15 is 0 Å². The van der Waals surface area contributed by atoms with E-state index in [1.807, 2.05) is 5.32 Å². The van der Waals surface area contributed by atoms with E-state index in [0.717, 1.165) is 24.3 Å². The van der Waals surface area contributed by atoms with Gasteiger partial charge in [0.15, 0.2) is 0 Å². The van der Waals surface area contributed by atoms with Crippen molar-refractivity contribution in [2.45, 2.75) is 37.5 Å². The minimum Gasteiger partial charge on any atom is -0.489 e. The van der Waals surface area contributed by atoms with Crippen LogP contribution in [0.5, 0.6) is 11.5 Å². The summed E-state index contributed by atoms with van der Waals surface area (Å²) in [7, 11) is 0. The smallest absolute Gasteiger partial charge is 0.424 e. The van der Waals surface area contributed by atoms with Crippen LogP contribution >= 0.6 is 0 Å². The number of aryl methyl sites for hydroxylation is 1. The van der Waals surface area contributed by atoms with Gasteiger partial charge < -0.3 is 25.6 Å². The number of ether oxygens (including phenoxy) is 2. The number of amides is 2. The number of nitrogens with two attached hydrogens (primary N) is 1. The third-order valence-electron chi connectivity index (χ3n) is 7.64. The van der Waals surface area contributed by atoms with Crippen LogP contribution < -0.4 is 20.5 Å². The summed E-state index contributed by atoms with van der Waals surface area (Å²) in [6.07, 6.45) is -6.86. The molecule has 4 aromatic rings. The summed E-state index contributed by atoms with van der Waals surface area (Å²) in [5.41, 5.74) is -0.590. The summed E-state index contributed by atoms with van der Waals surface area (Å²) in [5.74, 6) is -2.97. The van der Waals surface area contributed by atoms with Crippen LogP contribution in [-0.4, -0.2) is 59.2 Å². The minimum atomic E-state index is -5.44. The third kappa shape index (κ3) is 5.89. The first-order valence-electron chi connectivity index (χ1n) is 13.7. The quantitative estimate of drug-likeness (QED) is 0.224. The minimum absolute atomic E-state index is 0.0818. The van der Waals surface area contributed by atoms with Crippen LogP contribution in [0.4, 0.5) is 26.3 Å². The highest BCUT2D eigenvalue weighted by atomic mass is 19.4. The second kappa shape index (κ2) is 11.8. The number of primary amides is 1. The molecule has 5 rings (SSSR count). The van der Waals surface area contributed by atoms with Crippen molar-refractivity contribution < 1.29 is 50.5 Å². The SMILES string of the molecule is Cc1cnc2c(OCC(F)F)cc(C(=O)NC[C@](O)(c3cc4c(c(-c5ccc(F)cc5)n3)OC[C@]4(C)C(N)=O)C(F)(F)F)cc2c1. The van der Waals surface area contributed by atoms with Crippen molar-refractivity contribution in [1.82, 2.24) is 15.3 Å². The lowest BCUT2D eigenvalue weighted by Gasteiger charge is -2.31. The largest absolute Gasteiger partial charge is 0.489 e. The molecule has 46 heavy (non-hydrogen) atoms. The second-order valence-corrected chi connectivity index (χ2v) is 11.0. The molecule has 9 nitrogen and oxygen atoms in total. The number of aromatic nitrogens is 2. The molecule has 2 aromatic carbocycles. The Labute approximate surface area is 257 Å². The first kappa shape index (κ1) is 32.5. The first-order valence-corrected chi connectivity index (χ1v) is 13.7. The number of hydrogen-bond donors (Lipinski definition) is 3. The van der Waals surface area contributed by atoms with E-state index in [0.29, 0.717) is 5.56 Å². The Kier molecular flexibility index (Phi) is 8.32. The molecule has 2 atom stereocenters. The maximum Gasteiger partial charge on any atom is 0.424 e. The summed E-state index contributed by atoms with van der Waals surface area (Å²) in [6, 6.07) is 9.26. The number of benzene rings is 2. The number of nitrogens with one attached hydrogen (secondary N) is 1. The Balaban J connectivity index is 1.57. The average molecular weight is 649 g/mol. The maximum atomic E-state index is 14.7. The lowest BCUT2D eigenvalue weighted by molar-refractivity contribution is -0.265. The van der Waals surface area contributed by atoms with Gasteiger partial charge in [-0.2, -0.15) is 13.2 Å². The third-order valence-corrected chi connectivity index (χ3v) is 7.64. The number of alkyl halides is 5. The first-order chi connectivity index (χ1) is 21.5. The molecule has 4 N–H and O–H groups in total. The fourth-order valence-corrected chi connectivity index (χ4v) is 4.97. The van der Waals surface area contributed by atoms with Gasteiger partial charge >= 0.3 is 6.18 Å². The summed E-state index contributed by atoms with van der Waals surface area (Å²) in [5, 5.41) is 13.6. The Bertz CT molecular complexity index is 1840. The molecule has 0 radical (unpaired) electrons. The summed E-state index contributed by atoms with van der Waals surface area (Å²) in [4.78, 5) is 33.8. The van der Waals surface area contributed by atoms with E-state index in [2.05, 4.69) is 9.97 Å². The van der Waals surface area contributed by atoms with Crippen LogP contribution in [-0.2, 0) is 15.8 Å². The van der Waals surface area contributed by atoms with Crippen molar-refractivity contribution in [2.24, 2.45) is 5.73 Å². The van der Waals surface area contributed by atoms with Gasteiger partial charge in [0, 0.05) is 28.3 Å². The topological polar surface area (TPSA) is 137 Å². The van der Waals surface area contributed by atoms with Gasteiger partial charge in [-0.15, -0.1) is 0 Å². The molecule has 0 saturated carbocycles. The molecule has 0 fully saturated rings. The van der Waals surface area contributed by atoms with E-state index in [1.165, 1.54) is 31.3 Å². The number of halogens is 6. The lowest BCUT2D eigenvalue weighted by Crippen LogP contribution is -2.51. The standard InChI is InChI=1S/C31H26F6N4O5/c1-15-7-17-8-18(9-21(24(17)39-11-15)45-12-23(33)34)27(42)40-13-30(44,31(35,36)37)22-10-20-26(46-14-29(20,2)28(38)43)25(41-22)16-3-5-19(32)6-4-16/h3-11,23,44H,12-14H2,1-2H3,(H2,38,43)(H,40,42)/t29-,30-/m0/s1. The van der Waals surface area contributed by atoms with Crippen molar-refractivity contribution in [1.29, 1.82) is 0 Å². The highest BCUT2D eigenvalue weighted by Gasteiger charge is 2.57. The van der Waals surface area contributed by atoms with Crippen molar-refractivity contribution in [3.8, 4) is 22.8 Å². The Morgan fingerprint density at radius 3 is 2.48 bits per heavy atom. The predicted octanol–water partition coefficient (Wildman–Crippen LogP) is 4.70. The zero-order valence-corrected chi connectivity index (χ0v) is 24.2. The van der Waals surface area contributed by atoms with Crippen LogP contribution in [0.2, 0.25) is 0 Å². The lowest BCUT2D eigenvalue weighted by atomic mass is 9.81. The number of carbonyl (C=O) groups is 2. The van der Waals surface area contributed by atoms with Gasteiger partial charge in [0.25, 0.3) is 12.3 Å². The molecule has 0 unspecified atom stereocenters. The monoisotopic (exact) mass is 648 g/mol. The molecule has 2 amide bonds. The highest BCUT2D eigenvalue weighted by molar-refractivity contribution is 6.00. The Morgan fingerprint density at radius 1 is 1.15 bits per heavy atom. The second-order valence-electron chi connectivity index (χ2n) is 11.0. The number of carbonyl (C=O) groups excluding carboxylic acids is 2. The average Bonchev–Trinajstić information content (AvgIpc) is 3.35. The van der Waals surface area contributed by atoms with Crippen LogP contribution in [0.3, 0.4) is 0 Å². The molecule has 0 saturated heterocycles. The highest BCUT2D eigenvalue weighted by Crippen LogP contribution is 2.47. The normalized spacial score (nSPS) is 17.3. The number of aliphatic hydroxyl groups is 1. The van der Waals surface area contributed by atoms with Gasteiger partial charge in [-0.25, -0.2) is 18.2 Å². The van der Waals surface area contributed by atoms with E-state index < -0.39 is 60.1 Å². The summed E-state index contributed by atoms with van der Waals surface area (Å²) >= 11 is 0. The molecule has 0 aliphatic carbocycles. The molecule has 242 valence electrons. The molecule has 0 bridgehead atoms. The molecular weight excluding hydrogens is 622 g/mol. The Hall–Kier alpha value is -4.92. The predicted molar refractivity (Wildman–Crippen MR) is 152 cm³/mol. The van der Waals surface area contributed by atoms with Crippen LogP contribution in [0, 0.1) is 12.7 Å². The van der Waals surface area contributed by atoms with Gasteiger partial charge in [0.1, 0.15) is 47.2 Å². The van der Waals surface area contributed by atoms with Crippen LogP contribution in [0.1, 0.15) is 34.1 Å². The van der Waals surface area contributed by atoms with E-state index in [4.69, 9.17) is 15.2 Å². The van der Waals surface area contributed by atoms with Crippen LogP contribution in [0.15, 0.2) is 54.7 Å². The number of fused-ring (bicyclic) bond motifs is 2. The van der Waals surface area contributed by atoms with Gasteiger partial charge in [0.05, 0.1) is 12.2 Å². The van der Waals surface area contributed by atoms with Gasteiger partial charge in [-0.3, -0.25) is 14.6 Å². The van der Waals surface area contributed by atoms with E-state index in [-0.39, 0.29) is 51.4 Å². The molecule has 1 aliphatic heterocycles. The fourth-order valence-electron chi connectivity index (χ4n) is 4.97. The summed E-state index contributed by atoms with van der Waals surface area (Å²) in [6.45, 7) is 0.190. The number of hydrogen-bond acceptors (Lipinski definition) is 7. The summed E-state index contributed by atoms with van der Waals surface area (Å²) < 4.78 is 94.3. The van der Waals surface area contributed by atoms with Gasteiger partial charge in [-0.05, 0) is 67.9 Å². The number of rotatable bonds is 9. The van der Waals surface area contributed by atoms with Crippen molar-refractivity contribution >= 4 is 22.7 Å². The molecule has 0 spiro atoms. The Morgan fingerprint density at radius 2 is 1.85 bits per heavy atom. The fraction of sp³-hybridized carbons (Fsp3) is 0.290. The van der Waals surface area contributed by atoms with Crippen molar-refractivity contribution in [3.63, 3.8) is 0 Å². The number of nitrogens with zero attached hydrogens (tertiary/aromatic N) is 2. The molecular formula is C31H26F6N4O5. The van der Waals surface area contributed by atoms with Gasteiger partial charge in [-0.1, -0.05) is 0 Å².